The normalized spacial score (nSPS) is 27.7. The molecule has 2 atom stereocenters. The van der Waals surface area contributed by atoms with Crippen LogP contribution in [0.5, 0.6) is 0 Å². The molecule has 2 N–H and O–H groups in total. The Morgan fingerprint density at radius 1 is 1.33 bits per heavy atom. The van der Waals surface area contributed by atoms with Gasteiger partial charge in [-0.1, -0.05) is 13.0 Å². The second kappa shape index (κ2) is 4.05. The average Bonchev–Trinajstić information content (AvgIpc) is 2.19. The lowest BCUT2D eigenvalue weighted by molar-refractivity contribution is 0.450. The molecule has 0 aromatic heterocycles. The van der Waals surface area contributed by atoms with Crippen LogP contribution in [0.15, 0.2) is 23.2 Å². The monoisotopic (exact) mass is 202 g/mol. The van der Waals surface area contributed by atoms with Gasteiger partial charge in [-0.05, 0) is 49.1 Å². The van der Waals surface area contributed by atoms with E-state index in [1.807, 2.05) is 18.2 Å². The van der Waals surface area contributed by atoms with Crippen molar-refractivity contribution in [2.24, 2.45) is 10.9 Å². The number of anilines is 1. The zero-order chi connectivity index (χ0) is 10.8. The molecule has 15 heavy (non-hydrogen) atoms. The molecule has 2 unspecified atom stereocenters. The molecule has 0 bridgehead atoms. The second-order valence-electron chi connectivity index (χ2n) is 4.45. The summed E-state index contributed by atoms with van der Waals surface area (Å²) in [6.07, 6.45) is 4.58. The number of nitrogens with zero attached hydrogens (tertiary/aromatic N) is 1. The first-order valence-corrected chi connectivity index (χ1v) is 5.60. The van der Waals surface area contributed by atoms with Gasteiger partial charge in [0.05, 0.1) is 11.4 Å². The summed E-state index contributed by atoms with van der Waals surface area (Å²) >= 11 is 0. The third-order valence-electron chi connectivity index (χ3n) is 3.20. The van der Waals surface area contributed by atoms with Gasteiger partial charge in [-0.25, -0.2) is 0 Å². The zero-order valence-electron chi connectivity index (χ0n) is 9.40. The quantitative estimate of drug-likeness (QED) is 0.636. The summed E-state index contributed by atoms with van der Waals surface area (Å²) in [6, 6.07) is 6.37. The molecule has 1 aliphatic rings. The topological polar surface area (TPSA) is 38.4 Å². The van der Waals surface area contributed by atoms with Gasteiger partial charge in [0.2, 0.25) is 0 Å². The van der Waals surface area contributed by atoms with Crippen LogP contribution in [0.25, 0.3) is 6.08 Å². The van der Waals surface area contributed by atoms with Crippen molar-refractivity contribution in [3.8, 4) is 0 Å². The van der Waals surface area contributed by atoms with Crippen molar-refractivity contribution in [3.05, 3.63) is 28.8 Å². The first kappa shape index (κ1) is 10.2. The molecule has 80 valence electrons. The molecule has 0 saturated heterocycles. The molecule has 0 saturated carbocycles. The summed E-state index contributed by atoms with van der Waals surface area (Å²) in [4.78, 5) is 4.73. The number of nitrogen functional groups attached to an aromatic ring is 1. The predicted molar refractivity (Wildman–Crippen MR) is 64.0 cm³/mol. The average molecular weight is 202 g/mol. The Morgan fingerprint density at radius 2 is 2.13 bits per heavy atom. The maximum atomic E-state index is 5.77. The Balaban J connectivity index is 2.59. The van der Waals surface area contributed by atoms with E-state index in [0.717, 1.165) is 17.5 Å². The fourth-order valence-corrected chi connectivity index (χ4v) is 1.94. The molecule has 0 aliphatic carbocycles. The van der Waals surface area contributed by atoms with Gasteiger partial charge in [-0.2, -0.15) is 0 Å². The van der Waals surface area contributed by atoms with E-state index in [2.05, 4.69) is 19.9 Å². The Bertz CT molecular complexity index is 462. The van der Waals surface area contributed by atoms with Crippen LogP contribution < -0.4 is 16.3 Å². The fraction of sp³-hybridized carbons (Fsp3) is 0.462. The van der Waals surface area contributed by atoms with Gasteiger partial charge in [-0.3, -0.25) is 4.99 Å². The third-order valence-corrected chi connectivity index (χ3v) is 3.20. The van der Waals surface area contributed by atoms with E-state index in [0.29, 0.717) is 12.0 Å². The van der Waals surface area contributed by atoms with Crippen molar-refractivity contribution >= 4 is 11.8 Å². The van der Waals surface area contributed by atoms with E-state index in [-0.39, 0.29) is 0 Å². The highest BCUT2D eigenvalue weighted by molar-refractivity contribution is 5.40. The second-order valence-corrected chi connectivity index (χ2v) is 4.45. The Labute approximate surface area is 90.5 Å². The molecule has 0 amide bonds. The molecule has 0 radical (unpaired) electrons. The largest absolute Gasteiger partial charge is 0.399 e. The number of benzene rings is 1. The molecule has 1 heterocycles. The Morgan fingerprint density at radius 3 is 2.93 bits per heavy atom. The smallest absolute Gasteiger partial charge is 0.0648 e. The molecule has 2 rings (SSSR count). The van der Waals surface area contributed by atoms with Crippen molar-refractivity contribution in [1.29, 1.82) is 0 Å². The first-order chi connectivity index (χ1) is 7.16. The highest BCUT2D eigenvalue weighted by Crippen LogP contribution is 2.14. The van der Waals surface area contributed by atoms with Crippen LogP contribution in [0.2, 0.25) is 0 Å². The van der Waals surface area contributed by atoms with Crippen molar-refractivity contribution in [3.63, 3.8) is 0 Å². The number of nitrogens with two attached hydrogens (primary N) is 1. The number of hydrogen-bond donors (Lipinski definition) is 1. The van der Waals surface area contributed by atoms with E-state index in [1.165, 1.54) is 11.6 Å². The van der Waals surface area contributed by atoms with Gasteiger partial charge in [0.25, 0.3) is 0 Å². The summed E-state index contributed by atoms with van der Waals surface area (Å²) < 4.78 is 0. The van der Waals surface area contributed by atoms with Gasteiger partial charge in [-0.15, -0.1) is 0 Å². The van der Waals surface area contributed by atoms with Gasteiger partial charge in [0, 0.05) is 5.69 Å². The molecule has 1 aromatic carbocycles. The van der Waals surface area contributed by atoms with Gasteiger partial charge >= 0.3 is 0 Å². The van der Waals surface area contributed by atoms with Crippen molar-refractivity contribution in [2.75, 3.05) is 5.73 Å². The molecule has 2 heteroatoms. The summed E-state index contributed by atoms with van der Waals surface area (Å²) in [6.45, 7) is 4.46. The minimum Gasteiger partial charge on any atom is -0.399 e. The van der Waals surface area contributed by atoms with Crippen molar-refractivity contribution < 1.29 is 0 Å². The maximum Gasteiger partial charge on any atom is 0.0648 e. The standard InChI is InChI=1S/C13H18N2/c1-9-4-3-5-11-8-12(14)6-7-13(11)15-10(9)2/h5-10H,3-4,14H2,1-2H3/b11-5-,15-13?. The van der Waals surface area contributed by atoms with E-state index in [1.54, 1.807) is 0 Å². The Hall–Kier alpha value is -1.31. The van der Waals surface area contributed by atoms with Crippen molar-refractivity contribution in [1.82, 2.24) is 0 Å². The maximum absolute atomic E-state index is 5.77. The van der Waals surface area contributed by atoms with Gasteiger partial charge < -0.3 is 5.73 Å². The minimum atomic E-state index is 0.404. The summed E-state index contributed by atoms with van der Waals surface area (Å²) in [7, 11) is 0. The third kappa shape index (κ3) is 2.20. The first-order valence-electron chi connectivity index (χ1n) is 5.60. The van der Waals surface area contributed by atoms with Crippen LogP contribution in [0.4, 0.5) is 5.69 Å². The molecule has 0 fully saturated rings. The van der Waals surface area contributed by atoms with Gasteiger partial charge in [0.15, 0.2) is 0 Å². The molecule has 2 nitrogen and oxygen atoms in total. The van der Waals surface area contributed by atoms with Gasteiger partial charge in [0.1, 0.15) is 0 Å². The van der Waals surface area contributed by atoms with Crippen LogP contribution >= 0.6 is 0 Å². The Kier molecular flexibility index (Phi) is 2.76. The lowest BCUT2D eigenvalue weighted by Crippen LogP contribution is -2.30. The summed E-state index contributed by atoms with van der Waals surface area (Å²) in [5, 5.41) is 2.28. The van der Waals surface area contributed by atoms with E-state index >= 15 is 0 Å². The van der Waals surface area contributed by atoms with Crippen molar-refractivity contribution in [2.45, 2.75) is 32.7 Å². The molecular formula is C13H18N2. The number of hydrogen-bond acceptors (Lipinski definition) is 2. The number of rotatable bonds is 0. The van der Waals surface area contributed by atoms with E-state index < -0.39 is 0 Å². The molecule has 0 spiro atoms. The highest BCUT2D eigenvalue weighted by atomic mass is 14.8. The summed E-state index contributed by atoms with van der Waals surface area (Å²) in [5.74, 6) is 0.659. The zero-order valence-corrected chi connectivity index (χ0v) is 9.40. The lowest BCUT2D eigenvalue weighted by Gasteiger charge is -2.16. The number of fused-ring (bicyclic) bond motifs is 1. The lowest BCUT2D eigenvalue weighted by atomic mass is 9.97. The predicted octanol–water partition coefficient (Wildman–Crippen LogP) is 1.49. The molecule has 1 aliphatic heterocycles. The van der Waals surface area contributed by atoms with Crippen LogP contribution in [0, 0.1) is 5.92 Å². The van der Waals surface area contributed by atoms with Crippen LogP contribution in [-0.2, 0) is 0 Å². The molecular weight excluding hydrogens is 184 g/mol. The van der Waals surface area contributed by atoms with Crippen LogP contribution in [-0.4, -0.2) is 6.04 Å². The highest BCUT2D eigenvalue weighted by Gasteiger charge is 2.11. The minimum absolute atomic E-state index is 0.404. The van der Waals surface area contributed by atoms with Crippen LogP contribution in [0.3, 0.4) is 0 Å². The molecule has 1 aromatic rings. The van der Waals surface area contributed by atoms with Crippen LogP contribution in [0.1, 0.15) is 26.7 Å². The van der Waals surface area contributed by atoms with E-state index in [4.69, 9.17) is 10.7 Å². The van der Waals surface area contributed by atoms with E-state index in [9.17, 15) is 0 Å². The summed E-state index contributed by atoms with van der Waals surface area (Å²) in [5.41, 5.74) is 6.59. The fourth-order valence-electron chi connectivity index (χ4n) is 1.94. The SMILES string of the molecule is CC1CC/C=c2/cc(N)ccc2=NC1C.